The van der Waals surface area contributed by atoms with Crippen LogP contribution in [0.2, 0.25) is 0 Å². The highest BCUT2D eigenvalue weighted by Crippen LogP contribution is 2.17. The van der Waals surface area contributed by atoms with Gasteiger partial charge in [-0.25, -0.2) is 4.39 Å². The van der Waals surface area contributed by atoms with Crippen molar-refractivity contribution < 1.29 is 13.9 Å². The maximum Gasteiger partial charge on any atom is 0.263 e. The molecular formula is C13H18ClFN2O2. The lowest BCUT2D eigenvalue weighted by Gasteiger charge is -2.29. The highest BCUT2D eigenvalue weighted by Gasteiger charge is 2.23. The molecule has 0 spiro atoms. The van der Waals surface area contributed by atoms with Gasteiger partial charge in [0.2, 0.25) is 0 Å². The summed E-state index contributed by atoms with van der Waals surface area (Å²) < 4.78 is 18.8. The van der Waals surface area contributed by atoms with E-state index in [1.54, 1.807) is 24.0 Å². The lowest BCUT2D eigenvalue weighted by molar-refractivity contribution is -0.138. The predicted octanol–water partition coefficient (Wildman–Crippen LogP) is 1.45. The van der Waals surface area contributed by atoms with Crippen LogP contribution in [0.25, 0.3) is 0 Å². The van der Waals surface area contributed by atoms with Crippen LogP contribution in [0.15, 0.2) is 24.3 Å². The smallest absolute Gasteiger partial charge is 0.263 e. The van der Waals surface area contributed by atoms with Crippen molar-refractivity contribution in [2.75, 3.05) is 26.2 Å². The van der Waals surface area contributed by atoms with Crippen LogP contribution in [0.3, 0.4) is 0 Å². The van der Waals surface area contributed by atoms with Crippen LogP contribution in [-0.4, -0.2) is 43.1 Å². The Morgan fingerprint density at radius 1 is 1.37 bits per heavy atom. The molecule has 4 nitrogen and oxygen atoms in total. The van der Waals surface area contributed by atoms with Crippen LogP contribution < -0.4 is 10.1 Å². The molecule has 1 aliphatic heterocycles. The minimum atomic E-state index is -0.667. The van der Waals surface area contributed by atoms with E-state index in [4.69, 9.17) is 4.74 Å². The van der Waals surface area contributed by atoms with E-state index in [2.05, 4.69) is 5.32 Å². The van der Waals surface area contributed by atoms with Gasteiger partial charge in [-0.05, 0) is 19.1 Å². The molecule has 0 radical (unpaired) electrons. The maximum atomic E-state index is 13.4. The van der Waals surface area contributed by atoms with Gasteiger partial charge in [0.1, 0.15) is 0 Å². The normalized spacial score (nSPS) is 16.4. The summed E-state index contributed by atoms with van der Waals surface area (Å²) in [5.74, 6) is -0.425. The van der Waals surface area contributed by atoms with E-state index in [1.165, 1.54) is 12.1 Å². The Labute approximate surface area is 118 Å². The second-order valence-electron chi connectivity index (χ2n) is 4.27. The van der Waals surface area contributed by atoms with E-state index < -0.39 is 11.9 Å². The molecule has 1 unspecified atom stereocenters. The number of hydrogen-bond acceptors (Lipinski definition) is 3. The summed E-state index contributed by atoms with van der Waals surface area (Å²) in [6.45, 7) is 4.57. The first kappa shape index (κ1) is 15.7. The molecule has 0 aromatic heterocycles. The van der Waals surface area contributed by atoms with Gasteiger partial charge < -0.3 is 15.0 Å². The number of para-hydroxylation sites is 1. The standard InChI is InChI=1S/C13H17FN2O2.ClH/c1-10(13(17)16-8-6-15-7-9-16)18-12-5-3-2-4-11(12)14;/h2-5,10,15H,6-9H2,1H3;1H. The Kier molecular flexibility index (Phi) is 6.05. The summed E-state index contributed by atoms with van der Waals surface area (Å²) >= 11 is 0. The molecule has 1 aliphatic rings. The molecule has 106 valence electrons. The first-order chi connectivity index (χ1) is 8.68. The van der Waals surface area contributed by atoms with Crippen molar-refractivity contribution in [3.05, 3.63) is 30.1 Å². The fourth-order valence-electron chi connectivity index (χ4n) is 1.92. The van der Waals surface area contributed by atoms with Crippen molar-refractivity contribution in [1.29, 1.82) is 0 Å². The summed E-state index contributed by atoms with van der Waals surface area (Å²) in [7, 11) is 0. The van der Waals surface area contributed by atoms with Gasteiger partial charge in [0.05, 0.1) is 0 Å². The number of nitrogens with zero attached hydrogens (tertiary/aromatic N) is 1. The first-order valence-corrected chi connectivity index (χ1v) is 6.09. The van der Waals surface area contributed by atoms with Gasteiger partial charge in [0.15, 0.2) is 17.7 Å². The van der Waals surface area contributed by atoms with E-state index in [0.717, 1.165) is 13.1 Å². The molecular weight excluding hydrogens is 271 g/mol. The number of amides is 1. The Morgan fingerprint density at radius 3 is 2.63 bits per heavy atom. The van der Waals surface area contributed by atoms with Crippen LogP contribution in [0.5, 0.6) is 5.75 Å². The number of carbonyl (C=O) groups is 1. The number of hydrogen-bond donors (Lipinski definition) is 1. The summed E-state index contributed by atoms with van der Waals surface area (Å²) in [6, 6.07) is 6.11. The molecule has 1 N–H and O–H groups in total. The number of nitrogens with one attached hydrogen (secondary N) is 1. The third-order valence-corrected chi connectivity index (χ3v) is 2.92. The second kappa shape index (κ2) is 7.31. The number of piperazine rings is 1. The summed E-state index contributed by atoms with van der Waals surface area (Å²) in [5.41, 5.74) is 0. The number of carbonyl (C=O) groups excluding carboxylic acids is 1. The first-order valence-electron chi connectivity index (χ1n) is 6.09. The third-order valence-electron chi connectivity index (χ3n) is 2.92. The van der Waals surface area contributed by atoms with E-state index in [0.29, 0.717) is 13.1 Å². The van der Waals surface area contributed by atoms with Crippen molar-refractivity contribution in [2.24, 2.45) is 0 Å². The van der Waals surface area contributed by atoms with Crippen LogP contribution in [-0.2, 0) is 4.79 Å². The van der Waals surface area contributed by atoms with Crippen molar-refractivity contribution in [2.45, 2.75) is 13.0 Å². The molecule has 1 aromatic carbocycles. The largest absolute Gasteiger partial charge is 0.478 e. The lowest BCUT2D eigenvalue weighted by atomic mass is 10.2. The van der Waals surface area contributed by atoms with E-state index in [9.17, 15) is 9.18 Å². The van der Waals surface area contributed by atoms with Gasteiger partial charge in [-0.15, -0.1) is 12.4 Å². The zero-order chi connectivity index (χ0) is 13.0. The third kappa shape index (κ3) is 4.08. The van der Waals surface area contributed by atoms with Crippen LogP contribution >= 0.6 is 12.4 Å². The van der Waals surface area contributed by atoms with Gasteiger partial charge in [-0.1, -0.05) is 12.1 Å². The molecule has 2 rings (SSSR count). The van der Waals surface area contributed by atoms with Gasteiger partial charge in [-0.2, -0.15) is 0 Å². The van der Waals surface area contributed by atoms with Crippen LogP contribution in [0.4, 0.5) is 4.39 Å². The SMILES string of the molecule is CC(Oc1ccccc1F)C(=O)N1CCNCC1.Cl. The molecule has 1 amide bonds. The van der Waals surface area contributed by atoms with Gasteiger partial charge in [0.25, 0.3) is 5.91 Å². The molecule has 0 saturated carbocycles. The number of rotatable bonds is 3. The predicted molar refractivity (Wildman–Crippen MR) is 73.2 cm³/mol. The quantitative estimate of drug-likeness (QED) is 0.915. The van der Waals surface area contributed by atoms with Crippen molar-refractivity contribution in [3.8, 4) is 5.75 Å². The maximum absolute atomic E-state index is 13.4. The van der Waals surface area contributed by atoms with Crippen molar-refractivity contribution >= 4 is 18.3 Å². The zero-order valence-electron chi connectivity index (χ0n) is 10.8. The average Bonchev–Trinajstić information content (AvgIpc) is 2.41. The van der Waals surface area contributed by atoms with E-state index >= 15 is 0 Å². The van der Waals surface area contributed by atoms with Crippen molar-refractivity contribution in [1.82, 2.24) is 10.2 Å². The number of halogens is 2. The fourth-order valence-corrected chi connectivity index (χ4v) is 1.92. The topological polar surface area (TPSA) is 41.6 Å². The van der Waals surface area contributed by atoms with Gasteiger partial charge >= 0.3 is 0 Å². The average molecular weight is 289 g/mol. The Bertz CT molecular complexity index is 425. The van der Waals surface area contributed by atoms with Crippen molar-refractivity contribution in [3.63, 3.8) is 0 Å². The number of benzene rings is 1. The highest BCUT2D eigenvalue weighted by molar-refractivity contribution is 5.85. The van der Waals surface area contributed by atoms with Gasteiger partial charge in [-0.3, -0.25) is 4.79 Å². The molecule has 1 fully saturated rings. The summed E-state index contributed by atoms with van der Waals surface area (Å²) in [6.07, 6.45) is -0.667. The molecule has 0 aliphatic carbocycles. The molecule has 0 bridgehead atoms. The molecule has 6 heteroatoms. The Balaban J connectivity index is 0.00000180. The molecule has 1 aromatic rings. The Morgan fingerprint density at radius 2 is 2.00 bits per heavy atom. The monoisotopic (exact) mass is 288 g/mol. The lowest BCUT2D eigenvalue weighted by Crippen LogP contribution is -2.50. The number of ether oxygens (including phenoxy) is 1. The molecule has 1 saturated heterocycles. The Hall–Kier alpha value is -1.33. The second-order valence-corrected chi connectivity index (χ2v) is 4.27. The van der Waals surface area contributed by atoms with Crippen LogP contribution in [0, 0.1) is 5.82 Å². The van der Waals surface area contributed by atoms with E-state index in [-0.39, 0.29) is 24.1 Å². The highest BCUT2D eigenvalue weighted by atomic mass is 35.5. The minimum Gasteiger partial charge on any atom is -0.478 e. The fraction of sp³-hybridized carbons (Fsp3) is 0.462. The minimum absolute atomic E-state index is 0. The zero-order valence-corrected chi connectivity index (χ0v) is 11.6. The van der Waals surface area contributed by atoms with Crippen LogP contribution in [0.1, 0.15) is 6.92 Å². The summed E-state index contributed by atoms with van der Waals surface area (Å²) in [5, 5.41) is 3.17. The summed E-state index contributed by atoms with van der Waals surface area (Å²) in [4.78, 5) is 13.8. The molecule has 1 heterocycles. The molecule has 19 heavy (non-hydrogen) atoms. The van der Waals surface area contributed by atoms with E-state index in [1.807, 2.05) is 0 Å². The molecule has 1 atom stereocenters. The van der Waals surface area contributed by atoms with Gasteiger partial charge in [0, 0.05) is 26.2 Å².